The highest BCUT2D eigenvalue weighted by atomic mass is 32.1. The van der Waals surface area contributed by atoms with Gasteiger partial charge in [-0.15, -0.1) is 0 Å². The van der Waals surface area contributed by atoms with Gasteiger partial charge in [0, 0.05) is 18.4 Å². The van der Waals surface area contributed by atoms with E-state index in [4.69, 9.17) is 4.74 Å². The Morgan fingerprint density at radius 1 is 1.16 bits per heavy atom. The van der Waals surface area contributed by atoms with Gasteiger partial charge in [-0.2, -0.15) is 0 Å². The minimum atomic E-state index is -0.856. The van der Waals surface area contributed by atoms with Gasteiger partial charge in [-0.1, -0.05) is 17.4 Å². The lowest BCUT2D eigenvalue weighted by atomic mass is 10.1. The molecule has 0 aliphatic rings. The summed E-state index contributed by atoms with van der Waals surface area (Å²) in [5, 5.41) is 3.41. The fraction of sp³-hybridized carbons (Fsp3) is 0.261. The zero-order valence-electron chi connectivity index (χ0n) is 18.2. The molecule has 0 aliphatic carbocycles. The van der Waals surface area contributed by atoms with Crippen molar-refractivity contribution in [2.75, 3.05) is 11.9 Å². The van der Waals surface area contributed by atoms with E-state index in [1.54, 1.807) is 16.7 Å². The highest BCUT2D eigenvalue weighted by Crippen LogP contribution is 2.29. The summed E-state index contributed by atoms with van der Waals surface area (Å²) in [5.41, 5.74) is 3.64. The molecule has 0 unspecified atom stereocenters. The Balaban J connectivity index is 1.50. The Kier molecular flexibility index (Phi) is 5.75. The number of hydrogen-bond donors (Lipinski definition) is 1. The SMILES string of the molecule is CCn1cc(C(=O)OCC(=O)Nc2nc3c(C)cc(C)cc3s2)c(=O)c2ccc(C)nc21. The molecule has 0 aliphatic heterocycles. The minimum absolute atomic E-state index is 0.135. The van der Waals surface area contributed by atoms with Crippen molar-refractivity contribution < 1.29 is 14.3 Å². The van der Waals surface area contributed by atoms with Crippen molar-refractivity contribution in [3.05, 3.63) is 63.1 Å². The molecule has 0 saturated heterocycles. The van der Waals surface area contributed by atoms with Gasteiger partial charge in [-0.25, -0.2) is 14.8 Å². The molecule has 0 atom stereocenters. The number of amides is 1. The monoisotopic (exact) mass is 450 g/mol. The number of benzene rings is 1. The molecule has 9 heteroatoms. The van der Waals surface area contributed by atoms with Gasteiger partial charge in [0.2, 0.25) is 5.43 Å². The van der Waals surface area contributed by atoms with Crippen LogP contribution in [0.4, 0.5) is 5.13 Å². The maximum absolute atomic E-state index is 12.8. The third-order valence-electron chi connectivity index (χ3n) is 5.03. The molecule has 0 saturated carbocycles. The van der Waals surface area contributed by atoms with E-state index in [1.165, 1.54) is 17.5 Å². The van der Waals surface area contributed by atoms with Gasteiger partial charge in [0.05, 0.1) is 15.6 Å². The number of hydrogen-bond acceptors (Lipinski definition) is 7. The van der Waals surface area contributed by atoms with Crippen molar-refractivity contribution >= 4 is 49.6 Å². The number of thiazole rings is 1. The maximum Gasteiger partial charge on any atom is 0.344 e. The quantitative estimate of drug-likeness (QED) is 0.465. The molecule has 4 aromatic rings. The number of nitrogens with zero attached hydrogens (tertiary/aromatic N) is 3. The molecule has 3 aromatic heterocycles. The second kappa shape index (κ2) is 8.51. The van der Waals surface area contributed by atoms with Crippen LogP contribution in [0.25, 0.3) is 21.3 Å². The first-order valence-electron chi connectivity index (χ1n) is 10.1. The van der Waals surface area contributed by atoms with Crippen molar-refractivity contribution in [2.24, 2.45) is 0 Å². The van der Waals surface area contributed by atoms with E-state index in [2.05, 4.69) is 15.3 Å². The van der Waals surface area contributed by atoms with E-state index in [-0.39, 0.29) is 5.56 Å². The second-order valence-corrected chi connectivity index (χ2v) is 8.58. The van der Waals surface area contributed by atoms with Crippen LogP contribution in [0.1, 0.15) is 34.1 Å². The van der Waals surface area contributed by atoms with E-state index in [0.717, 1.165) is 27.0 Å². The predicted octanol–water partition coefficient (Wildman–Crippen LogP) is 3.75. The first-order valence-corrected chi connectivity index (χ1v) is 10.9. The Hall–Kier alpha value is -3.59. The average Bonchev–Trinajstić information content (AvgIpc) is 3.14. The molecule has 164 valence electrons. The molecule has 0 spiro atoms. The van der Waals surface area contributed by atoms with Crippen molar-refractivity contribution in [3.63, 3.8) is 0 Å². The van der Waals surface area contributed by atoms with Crippen LogP contribution in [0.15, 0.2) is 35.3 Å². The van der Waals surface area contributed by atoms with Gasteiger partial charge < -0.3 is 9.30 Å². The Labute approximate surface area is 187 Å². The predicted molar refractivity (Wildman–Crippen MR) is 124 cm³/mol. The highest BCUT2D eigenvalue weighted by molar-refractivity contribution is 7.22. The average molecular weight is 451 g/mol. The summed E-state index contributed by atoms with van der Waals surface area (Å²) in [6.07, 6.45) is 1.43. The van der Waals surface area contributed by atoms with Crippen LogP contribution >= 0.6 is 11.3 Å². The molecule has 0 fully saturated rings. The number of aryl methyl sites for hydroxylation is 4. The van der Waals surface area contributed by atoms with E-state index >= 15 is 0 Å². The van der Waals surface area contributed by atoms with E-state index in [1.807, 2.05) is 39.8 Å². The number of carbonyl (C=O) groups excluding carboxylic acids is 2. The standard InChI is InChI=1S/C23H22N4O4S/c1-5-27-10-16(20(29)15-7-6-14(4)24-21(15)27)22(30)31-11-18(28)25-23-26-19-13(3)8-12(2)9-17(19)32-23/h6-10H,5,11H2,1-4H3,(H,25,26,28). The first kappa shape index (κ1) is 21.6. The van der Waals surface area contributed by atoms with Crippen LogP contribution in [0, 0.1) is 20.8 Å². The van der Waals surface area contributed by atoms with Crippen LogP contribution in [-0.2, 0) is 16.1 Å². The second-order valence-electron chi connectivity index (χ2n) is 7.55. The molecule has 1 amide bonds. The van der Waals surface area contributed by atoms with Crippen LogP contribution in [0.3, 0.4) is 0 Å². The molecular weight excluding hydrogens is 428 g/mol. The summed E-state index contributed by atoms with van der Waals surface area (Å²) in [6, 6.07) is 7.39. The first-order chi connectivity index (χ1) is 15.3. The number of carbonyl (C=O) groups is 2. The fourth-order valence-corrected chi connectivity index (χ4v) is 4.59. The van der Waals surface area contributed by atoms with Gasteiger partial charge in [0.15, 0.2) is 11.7 Å². The molecule has 0 bridgehead atoms. The van der Waals surface area contributed by atoms with Gasteiger partial charge in [-0.3, -0.25) is 14.9 Å². The number of fused-ring (bicyclic) bond motifs is 2. The lowest BCUT2D eigenvalue weighted by Crippen LogP contribution is -2.25. The van der Waals surface area contributed by atoms with Crippen LogP contribution in [0.5, 0.6) is 0 Å². The summed E-state index contributed by atoms with van der Waals surface area (Å²) >= 11 is 1.35. The number of anilines is 1. The van der Waals surface area contributed by atoms with Crippen molar-refractivity contribution in [3.8, 4) is 0 Å². The number of aromatic nitrogens is 3. The number of rotatable bonds is 5. The Bertz CT molecular complexity index is 1440. The maximum atomic E-state index is 12.8. The Morgan fingerprint density at radius 2 is 1.94 bits per heavy atom. The Morgan fingerprint density at radius 3 is 2.69 bits per heavy atom. The lowest BCUT2D eigenvalue weighted by molar-refractivity contribution is -0.119. The van der Waals surface area contributed by atoms with Gasteiger partial charge >= 0.3 is 5.97 Å². The van der Waals surface area contributed by atoms with Crippen LogP contribution < -0.4 is 10.7 Å². The van der Waals surface area contributed by atoms with Crippen LogP contribution in [0.2, 0.25) is 0 Å². The van der Waals surface area contributed by atoms with Gasteiger partial charge in [-0.05, 0) is 57.0 Å². The largest absolute Gasteiger partial charge is 0.452 e. The topological polar surface area (TPSA) is 103 Å². The highest BCUT2D eigenvalue weighted by Gasteiger charge is 2.19. The summed E-state index contributed by atoms with van der Waals surface area (Å²) in [7, 11) is 0. The zero-order valence-corrected chi connectivity index (χ0v) is 19.0. The zero-order chi connectivity index (χ0) is 23.0. The molecule has 1 N–H and O–H groups in total. The number of nitrogens with one attached hydrogen (secondary N) is 1. The molecule has 4 rings (SSSR count). The summed E-state index contributed by atoms with van der Waals surface area (Å²) in [6.45, 7) is 7.68. The normalized spacial score (nSPS) is 11.1. The summed E-state index contributed by atoms with van der Waals surface area (Å²) in [5.74, 6) is -1.38. The van der Waals surface area contributed by atoms with Crippen molar-refractivity contribution in [1.29, 1.82) is 0 Å². The molecule has 3 heterocycles. The minimum Gasteiger partial charge on any atom is -0.452 e. The van der Waals surface area contributed by atoms with Crippen molar-refractivity contribution in [2.45, 2.75) is 34.2 Å². The lowest BCUT2D eigenvalue weighted by Gasteiger charge is -2.11. The molecule has 32 heavy (non-hydrogen) atoms. The van der Waals surface area contributed by atoms with E-state index in [9.17, 15) is 14.4 Å². The van der Waals surface area contributed by atoms with Crippen LogP contribution in [-0.4, -0.2) is 33.0 Å². The van der Waals surface area contributed by atoms with E-state index < -0.39 is 23.9 Å². The molecular formula is C23H22N4O4S. The number of esters is 1. The number of pyridine rings is 2. The van der Waals surface area contributed by atoms with Crippen molar-refractivity contribution in [1.82, 2.24) is 14.5 Å². The van der Waals surface area contributed by atoms with Gasteiger partial charge in [0.25, 0.3) is 5.91 Å². The fourth-order valence-electron chi connectivity index (χ4n) is 3.53. The molecule has 0 radical (unpaired) electrons. The summed E-state index contributed by atoms with van der Waals surface area (Å²) in [4.78, 5) is 46.5. The summed E-state index contributed by atoms with van der Waals surface area (Å²) < 4.78 is 7.81. The smallest absolute Gasteiger partial charge is 0.344 e. The third-order valence-corrected chi connectivity index (χ3v) is 5.95. The third kappa shape index (κ3) is 4.11. The molecule has 8 nitrogen and oxygen atoms in total. The molecule has 1 aromatic carbocycles. The van der Waals surface area contributed by atoms with Gasteiger partial charge in [0.1, 0.15) is 11.2 Å². The number of ether oxygens (including phenoxy) is 1. The van der Waals surface area contributed by atoms with E-state index in [0.29, 0.717) is 22.7 Å².